The van der Waals surface area contributed by atoms with Gasteiger partial charge in [0, 0.05) is 12.6 Å². The largest absolute Gasteiger partial charge is 0.396 e. The first kappa shape index (κ1) is 14.4. The predicted molar refractivity (Wildman–Crippen MR) is 61.3 cm³/mol. The minimum Gasteiger partial charge on any atom is -0.396 e. The molecule has 90 valence electrons. The van der Waals surface area contributed by atoms with E-state index in [0.717, 1.165) is 0 Å². The van der Waals surface area contributed by atoms with E-state index >= 15 is 0 Å². The molecule has 0 rings (SSSR count). The lowest BCUT2D eigenvalue weighted by atomic mass is 9.99. The van der Waals surface area contributed by atoms with Gasteiger partial charge in [-0.2, -0.15) is 0 Å². The van der Waals surface area contributed by atoms with Crippen LogP contribution in [0.15, 0.2) is 0 Å². The zero-order valence-corrected chi connectivity index (χ0v) is 10.2. The second-order valence-electron chi connectivity index (χ2n) is 4.64. The van der Waals surface area contributed by atoms with E-state index in [1.807, 2.05) is 27.7 Å². The summed E-state index contributed by atoms with van der Waals surface area (Å²) in [7, 11) is 0. The molecule has 0 saturated heterocycles. The molecule has 0 heterocycles. The minimum atomic E-state index is -0.468. The van der Waals surface area contributed by atoms with Crippen LogP contribution in [0.3, 0.4) is 0 Å². The van der Waals surface area contributed by atoms with E-state index in [2.05, 4.69) is 5.32 Å². The van der Waals surface area contributed by atoms with Crippen molar-refractivity contribution in [3.63, 3.8) is 0 Å². The Labute approximate surface area is 92.2 Å². The van der Waals surface area contributed by atoms with Gasteiger partial charge in [0.05, 0.1) is 6.04 Å². The third kappa shape index (κ3) is 5.14. The van der Waals surface area contributed by atoms with Crippen LogP contribution in [0.1, 0.15) is 34.1 Å². The van der Waals surface area contributed by atoms with Crippen molar-refractivity contribution in [2.45, 2.75) is 46.2 Å². The molecule has 0 aliphatic carbocycles. The highest BCUT2D eigenvalue weighted by Gasteiger charge is 2.21. The van der Waals surface area contributed by atoms with Crippen molar-refractivity contribution < 1.29 is 9.90 Å². The molecule has 4 heteroatoms. The molecule has 0 aromatic carbocycles. The molecule has 4 nitrogen and oxygen atoms in total. The first-order chi connectivity index (χ1) is 6.90. The lowest BCUT2D eigenvalue weighted by Gasteiger charge is -2.24. The summed E-state index contributed by atoms with van der Waals surface area (Å²) in [5.41, 5.74) is 5.73. The molecule has 2 atom stereocenters. The average molecular weight is 216 g/mol. The first-order valence-corrected chi connectivity index (χ1v) is 5.57. The van der Waals surface area contributed by atoms with E-state index in [9.17, 15) is 4.79 Å². The fourth-order valence-electron chi connectivity index (χ4n) is 1.29. The van der Waals surface area contributed by atoms with E-state index in [0.29, 0.717) is 12.3 Å². The summed E-state index contributed by atoms with van der Waals surface area (Å²) in [6, 6.07) is -0.461. The van der Waals surface area contributed by atoms with Gasteiger partial charge < -0.3 is 16.2 Å². The van der Waals surface area contributed by atoms with E-state index < -0.39 is 6.04 Å². The Balaban J connectivity index is 4.22. The van der Waals surface area contributed by atoms with Crippen LogP contribution in [0.2, 0.25) is 0 Å². The van der Waals surface area contributed by atoms with Gasteiger partial charge in [-0.05, 0) is 18.3 Å². The molecular formula is C11H24N2O2. The van der Waals surface area contributed by atoms with Crippen LogP contribution in [0.25, 0.3) is 0 Å². The maximum Gasteiger partial charge on any atom is 0.237 e. The second-order valence-corrected chi connectivity index (χ2v) is 4.64. The van der Waals surface area contributed by atoms with Gasteiger partial charge in [0.1, 0.15) is 0 Å². The van der Waals surface area contributed by atoms with Gasteiger partial charge in [-0.3, -0.25) is 4.79 Å². The number of rotatable bonds is 6. The van der Waals surface area contributed by atoms with Crippen molar-refractivity contribution in [1.82, 2.24) is 5.32 Å². The second kappa shape index (κ2) is 6.80. The Kier molecular flexibility index (Phi) is 6.52. The molecule has 0 aliphatic rings. The number of aliphatic hydroxyl groups is 1. The SMILES string of the molecule is CC(C)C(CCO)NC(=O)[C@H](N)C(C)C. The van der Waals surface area contributed by atoms with Crippen LogP contribution in [-0.2, 0) is 4.79 Å². The third-order valence-electron chi connectivity index (χ3n) is 2.59. The lowest BCUT2D eigenvalue weighted by Crippen LogP contribution is -2.49. The van der Waals surface area contributed by atoms with Gasteiger partial charge in [0.2, 0.25) is 5.91 Å². The summed E-state index contributed by atoms with van der Waals surface area (Å²) >= 11 is 0. The Morgan fingerprint density at radius 2 is 1.80 bits per heavy atom. The fourth-order valence-corrected chi connectivity index (χ4v) is 1.29. The van der Waals surface area contributed by atoms with Crippen LogP contribution in [0.5, 0.6) is 0 Å². The number of carbonyl (C=O) groups excluding carboxylic acids is 1. The molecule has 0 aliphatic heterocycles. The van der Waals surface area contributed by atoms with E-state index in [1.165, 1.54) is 0 Å². The van der Waals surface area contributed by atoms with Gasteiger partial charge in [-0.15, -0.1) is 0 Å². The standard InChI is InChI=1S/C11H24N2O2/c1-7(2)9(5-6-14)13-11(15)10(12)8(3)4/h7-10,14H,5-6,12H2,1-4H3,(H,13,15)/t9?,10-/m1/s1. The summed E-state index contributed by atoms with van der Waals surface area (Å²) in [5.74, 6) is 0.310. The molecule has 1 unspecified atom stereocenters. The van der Waals surface area contributed by atoms with Crippen LogP contribution in [0.4, 0.5) is 0 Å². The monoisotopic (exact) mass is 216 g/mol. The van der Waals surface area contributed by atoms with E-state index in [1.54, 1.807) is 0 Å². The van der Waals surface area contributed by atoms with Gasteiger partial charge in [0.25, 0.3) is 0 Å². The zero-order valence-electron chi connectivity index (χ0n) is 10.2. The smallest absolute Gasteiger partial charge is 0.237 e. The summed E-state index contributed by atoms with van der Waals surface area (Å²) in [6.45, 7) is 7.95. The first-order valence-electron chi connectivity index (χ1n) is 5.57. The highest BCUT2D eigenvalue weighted by atomic mass is 16.3. The highest BCUT2D eigenvalue weighted by Crippen LogP contribution is 2.07. The molecule has 4 N–H and O–H groups in total. The van der Waals surface area contributed by atoms with Gasteiger partial charge in [-0.1, -0.05) is 27.7 Å². The summed E-state index contributed by atoms with van der Waals surface area (Å²) in [6.07, 6.45) is 0.578. The minimum absolute atomic E-state index is 0.00676. The predicted octanol–water partition coefficient (Wildman–Crippen LogP) is 0.493. The van der Waals surface area contributed by atoms with Crippen molar-refractivity contribution in [1.29, 1.82) is 0 Å². The number of aliphatic hydroxyl groups excluding tert-OH is 1. The van der Waals surface area contributed by atoms with Crippen LogP contribution >= 0.6 is 0 Å². The Bertz CT molecular complexity index is 193. The molecule has 1 amide bonds. The molecule has 0 bridgehead atoms. The molecule has 0 radical (unpaired) electrons. The Hall–Kier alpha value is -0.610. The van der Waals surface area contributed by atoms with Crippen molar-refractivity contribution in [2.24, 2.45) is 17.6 Å². The summed E-state index contributed by atoms with van der Waals surface area (Å²) in [4.78, 5) is 11.7. The topological polar surface area (TPSA) is 75.3 Å². The molecular weight excluding hydrogens is 192 g/mol. The number of hydrogen-bond acceptors (Lipinski definition) is 3. The average Bonchev–Trinajstić information content (AvgIpc) is 2.15. The van der Waals surface area contributed by atoms with Crippen molar-refractivity contribution >= 4 is 5.91 Å². The molecule has 0 aromatic heterocycles. The Morgan fingerprint density at radius 1 is 1.27 bits per heavy atom. The molecule has 0 fully saturated rings. The van der Waals surface area contributed by atoms with Gasteiger partial charge in [0.15, 0.2) is 0 Å². The summed E-state index contributed by atoms with van der Waals surface area (Å²) < 4.78 is 0. The molecule has 0 spiro atoms. The van der Waals surface area contributed by atoms with E-state index in [-0.39, 0.29) is 24.5 Å². The normalized spacial score (nSPS) is 15.5. The maximum atomic E-state index is 11.7. The van der Waals surface area contributed by atoms with Crippen molar-refractivity contribution in [3.05, 3.63) is 0 Å². The fraction of sp³-hybridized carbons (Fsp3) is 0.909. The van der Waals surface area contributed by atoms with Gasteiger partial charge in [-0.25, -0.2) is 0 Å². The quantitative estimate of drug-likeness (QED) is 0.605. The maximum absolute atomic E-state index is 11.7. The van der Waals surface area contributed by atoms with Crippen molar-refractivity contribution in [3.8, 4) is 0 Å². The van der Waals surface area contributed by atoms with E-state index in [4.69, 9.17) is 10.8 Å². The van der Waals surface area contributed by atoms with Gasteiger partial charge >= 0.3 is 0 Å². The lowest BCUT2D eigenvalue weighted by molar-refractivity contribution is -0.124. The Morgan fingerprint density at radius 3 is 2.13 bits per heavy atom. The van der Waals surface area contributed by atoms with Crippen molar-refractivity contribution in [2.75, 3.05) is 6.61 Å². The number of nitrogens with two attached hydrogens (primary N) is 1. The third-order valence-corrected chi connectivity index (χ3v) is 2.59. The molecule has 0 saturated carbocycles. The zero-order chi connectivity index (χ0) is 12.0. The number of carbonyl (C=O) groups is 1. The van der Waals surface area contributed by atoms with Crippen LogP contribution < -0.4 is 11.1 Å². The van der Waals surface area contributed by atoms with Crippen LogP contribution in [-0.4, -0.2) is 29.7 Å². The highest BCUT2D eigenvalue weighted by molar-refractivity contribution is 5.82. The van der Waals surface area contributed by atoms with Crippen LogP contribution in [0, 0.1) is 11.8 Å². The molecule has 0 aromatic rings. The summed E-state index contributed by atoms with van der Waals surface area (Å²) in [5, 5.41) is 11.7. The number of nitrogens with one attached hydrogen (secondary N) is 1. The number of amides is 1. The molecule has 15 heavy (non-hydrogen) atoms. The number of hydrogen-bond donors (Lipinski definition) is 3.